The summed E-state index contributed by atoms with van der Waals surface area (Å²) < 4.78 is 28.7. The minimum atomic E-state index is -0.996. The second-order valence-electron chi connectivity index (χ2n) is 4.03. The molecule has 106 valence electrons. The van der Waals surface area contributed by atoms with Crippen LogP contribution >= 0.6 is 11.8 Å². The molecule has 1 aromatic heterocycles. The van der Waals surface area contributed by atoms with Crippen LogP contribution in [0.3, 0.4) is 0 Å². The highest BCUT2D eigenvalue weighted by molar-refractivity contribution is 7.99. The van der Waals surface area contributed by atoms with Crippen molar-refractivity contribution in [1.29, 1.82) is 0 Å². The molecule has 0 amide bonds. The summed E-state index contributed by atoms with van der Waals surface area (Å²) in [5, 5.41) is 9.06. The van der Waals surface area contributed by atoms with Crippen LogP contribution in [-0.2, 0) is 11.3 Å². The van der Waals surface area contributed by atoms with Gasteiger partial charge < -0.3 is 9.67 Å². The van der Waals surface area contributed by atoms with Crippen LogP contribution in [0.25, 0.3) is 11.0 Å². The van der Waals surface area contributed by atoms with Crippen LogP contribution in [0.1, 0.15) is 6.42 Å². The summed E-state index contributed by atoms with van der Waals surface area (Å²) in [6.45, 7) is 3.94. The smallest absolute Gasteiger partial charge is 0.313 e. The number of carboxylic acid groups (broad SMARTS) is 1. The Labute approximate surface area is 118 Å². The standard InChI is InChI=1S/C13H12F2N2O2S/c1-2-3-6-17-12-9(5-4-8(14)11(12)15)16-13(17)20-7-10(18)19/h2,4-5H,1,3,6-7H2,(H,18,19). The maximum atomic E-state index is 13.9. The van der Waals surface area contributed by atoms with Gasteiger partial charge in [0, 0.05) is 6.54 Å². The fraction of sp³-hybridized carbons (Fsp3) is 0.231. The van der Waals surface area contributed by atoms with Crippen LogP contribution in [0.2, 0.25) is 0 Å². The number of benzene rings is 1. The van der Waals surface area contributed by atoms with Gasteiger partial charge in [0.1, 0.15) is 5.52 Å². The number of allylic oxidation sites excluding steroid dienone is 1. The average molecular weight is 298 g/mol. The number of imidazole rings is 1. The lowest BCUT2D eigenvalue weighted by Gasteiger charge is -2.07. The third-order valence-corrected chi connectivity index (χ3v) is 3.61. The molecule has 0 aliphatic carbocycles. The third kappa shape index (κ3) is 2.82. The lowest BCUT2D eigenvalue weighted by Crippen LogP contribution is -2.04. The Kier molecular flexibility index (Phi) is 4.39. The molecule has 0 fully saturated rings. The van der Waals surface area contributed by atoms with Gasteiger partial charge in [0.25, 0.3) is 0 Å². The zero-order chi connectivity index (χ0) is 14.7. The van der Waals surface area contributed by atoms with E-state index in [1.54, 1.807) is 6.08 Å². The van der Waals surface area contributed by atoms with E-state index in [0.717, 1.165) is 17.8 Å². The molecule has 0 aliphatic rings. The molecular weight excluding hydrogens is 286 g/mol. The van der Waals surface area contributed by atoms with E-state index in [1.807, 2.05) is 0 Å². The average Bonchev–Trinajstić information content (AvgIpc) is 2.77. The van der Waals surface area contributed by atoms with Crippen LogP contribution < -0.4 is 0 Å². The van der Waals surface area contributed by atoms with E-state index in [2.05, 4.69) is 11.6 Å². The quantitative estimate of drug-likeness (QED) is 0.658. The van der Waals surface area contributed by atoms with Gasteiger partial charge in [-0.3, -0.25) is 4.79 Å². The van der Waals surface area contributed by atoms with Crippen molar-refractivity contribution in [2.75, 3.05) is 5.75 Å². The summed E-state index contributed by atoms with van der Waals surface area (Å²) in [7, 11) is 0. The van der Waals surface area contributed by atoms with E-state index in [9.17, 15) is 13.6 Å². The van der Waals surface area contributed by atoms with Crippen LogP contribution in [0, 0.1) is 11.6 Å². The van der Waals surface area contributed by atoms with Gasteiger partial charge in [0.05, 0.1) is 11.3 Å². The Hall–Kier alpha value is -1.89. The Bertz CT molecular complexity index is 670. The van der Waals surface area contributed by atoms with E-state index in [-0.39, 0.29) is 11.3 Å². The molecule has 0 unspecified atom stereocenters. The first-order valence-corrected chi connectivity index (χ1v) is 6.83. The van der Waals surface area contributed by atoms with Crippen LogP contribution in [-0.4, -0.2) is 26.4 Å². The van der Waals surface area contributed by atoms with Gasteiger partial charge in [0.15, 0.2) is 16.8 Å². The number of nitrogens with zero attached hydrogens (tertiary/aromatic N) is 2. The predicted octanol–water partition coefficient (Wildman–Crippen LogP) is 3.07. The van der Waals surface area contributed by atoms with Gasteiger partial charge in [-0.25, -0.2) is 13.8 Å². The SMILES string of the molecule is C=CCCn1c(SCC(=O)O)nc2ccc(F)c(F)c21. The highest BCUT2D eigenvalue weighted by Crippen LogP contribution is 2.27. The van der Waals surface area contributed by atoms with Crippen LogP contribution in [0.4, 0.5) is 8.78 Å². The van der Waals surface area contributed by atoms with E-state index < -0.39 is 17.6 Å². The molecule has 4 nitrogen and oxygen atoms in total. The van der Waals surface area contributed by atoms with Gasteiger partial charge in [-0.1, -0.05) is 17.8 Å². The molecule has 1 N–H and O–H groups in total. The van der Waals surface area contributed by atoms with Crippen LogP contribution in [0.15, 0.2) is 29.9 Å². The fourth-order valence-corrected chi connectivity index (χ4v) is 2.55. The Balaban J connectivity index is 2.52. The summed E-state index contributed by atoms with van der Waals surface area (Å²) in [5.74, 6) is -3.11. The number of aromatic nitrogens is 2. The number of fused-ring (bicyclic) bond motifs is 1. The largest absolute Gasteiger partial charge is 0.481 e. The Morgan fingerprint density at radius 3 is 2.90 bits per heavy atom. The molecule has 7 heteroatoms. The monoisotopic (exact) mass is 298 g/mol. The molecule has 0 saturated heterocycles. The molecule has 0 spiro atoms. The highest BCUT2D eigenvalue weighted by Gasteiger charge is 2.18. The number of halogens is 2. The van der Waals surface area contributed by atoms with E-state index in [0.29, 0.717) is 23.6 Å². The van der Waals surface area contributed by atoms with Crippen molar-refractivity contribution >= 4 is 28.8 Å². The number of aryl methyl sites for hydroxylation is 1. The number of carbonyl (C=O) groups is 1. The highest BCUT2D eigenvalue weighted by atomic mass is 32.2. The first-order valence-electron chi connectivity index (χ1n) is 5.84. The van der Waals surface area contributed by atoms with Crippen molar-refractivity contribution in [3.63, 3.8) is 0 Å². The first kappa shape index (κ1) is 14.5. The summed E-state index contributed by atoms with van der Waals surface area (Å²) in [5.41, 5.74) is 0.362. The van der Waals surface area contributed by atoms with Gasteiger partial charge in [-0.05, 0) is 18.6 Å². The van der Waals surface area contributed by atoms with Crippen molar-refractivity contribution < 1.29 is 18.7 Å². The minimum absolute atomic E-state index is 0.0553. The predicted molar refractivity (Wildman–Crippen MR) is 72.8 cm³/mol. The van der Waals surface area contributed by atoms with Gasteiger partial charge in [0.2, 0.25) is 0 Å². The maximum Gasteiger partial charge on any atom is 0.313 e. The fourth-order valence-electron chi connectivity index (χ4n) is 1.80. The van der Waals surface area contributed by atoms with Crippen molar-refractivity contribution in [3.8, 4) is 0 Å². The molecule has 1 heterocycles. The topological polar surface area (TPSA) is 55.1 Å². The van der Waals surface area contributed by atoms with Crippen LogP contribution in [0.5, 0.6) is 0 Å². The lowest BCUT2D eigenvalue weighted by molar-refractivity contribution is -0.133. The zero-order valence-corrected chi connectivity index (χ0v) is 11.3. The van der Waals surface area contributed by atoms with Crippen molar-refractivity contribution in [2.45, 2.75) is 18.1 Å². The van der Waals surface area contributed by atoms with Gasteiger partial charge in [-0.2, -0.15) is 0 Å². The zero-order valence-electron chi connectivity index (χ0n) is 10.5. The number of rotatable bonds is 6. The van der Waals surface area contributed by atoms with E-state index in [4.69, 9.17) is 5.11 Å². The van der Waals surface area contributed by atoms with Crippen molar-refractivity contribution in [3.05, 3.63) is 36.4 Å². The normalized spacial score (nSPS) is 10.9. The molecule has 0 atom stereocenters. The number of thioether (sulfide) groups is 1. The molecule has 0 bridgehead atoms. The summed E-state index contributed by atoms with van der Waals surface area (Å²) in [4.78, 5) is 14.8. The second kappa shape index (κ2) is 6.04. The number of hydrogen-bond donors (Lipinski definition) is 1. The first-order chi connectivity index (χ1) is 9.54. The molecule has 0 radical (unpaired) electrons. The lowest BCUT2D eigenvalue weighted by atomic mass is 10.3. The second-order valence-corrected chi connectivity index (χ2v) is 4.98. The summed E-state index contributed by atoms with van der Waals surface area (Å²) in [6, 6.07) is 2.39. The number of carboxylic acids is 1. The molecule has 1 aromatic carbocycles. The van der Waals surface area contributed by atoms with Crippen molar-refractivity contribution in [2.24, 2.45) is 0 Å². The summed E-state index contributed by atoms with van der Waals surface area (Å²) in [6.07, 6.45) is 2.19. The van der Waals surface area contributed by atoms with E-state index >= 15 is 0 Å². The Morgan fingerprint density at radius 1 is 1.50 bits per heavy atom. The third-order valence-electron chi connectivity index (χ3n) is 2.65. The molecule has 0 aliphatic heterocycles. The molecule has 2 rings (SSSR count). The van der Waals surface area contributed by atoms with Gasteiger partial charge >= 0.3 is 5.97 Å². The number of hydrogen-bond acceptors (Lipinski definition) is 3. The number of aliphatic carboxylic acids is 1. The molecular formula is C13H12F2N2O2S. The maximum absolute atomic E-state index is 13.9. The Morgan fingerprint density at radius 2 is 2.25 bits per heavy atom. The van der Waals surface area contributed by atoms with Gasteiger partial charge in [-0.15, -0.1) is 6.58 Å². The molecule has 2 aromatic rings. The van der Waals surface area contributed by atoms with Crippen molar-refractivity contribution in [1.82, 2.24) is 9.55 Å². The van der Waals surface area contributed by atoms with E-state index in [1.165, 1.54) is 10.6 Å². The summed E-state index contributed by atoms with van der Waals surface area (Å²) >= 11 is 0.975. The minimum Gasteiger partial charge on any atom is -0.481 e. The molecule has 0 saturated carbocycles. The molecule has 20 heavy (non-hydrogen) atoms.